The lowest BCUT2D eigenvalue weighted by atomic mass is 10.0. The summed E-state index contributed by atoms with van der Waals surface area (Å²) in [5.41, 5.74) is 3.44. The lowest BCUT2D eigenvalue weighted by molar-refractivity contribution is 0.499. The van der Waals surface area contributed by atoms with Crippen LogP contribution in [0.1, 0.15) is 10.4 Å². The van der Waals surface area contributed by atoms with Crippen LogP contribution in [-0.2, 0) is 12.8 Å². The Morgan fingerprint density at radius 1 is 1.21 bits per heavy atom. The smallest absolute Gasteiger partial charge is 0.159 e. The fraction of sp³-hybridized carbons (Fsp3) is 0.231. The third-order valence-electron chi connectivity index (χ3n) is 2.77. The summed E-state index contributed by atoms with van der Waals surface area (Å²) in [7, 11) is 0. The Morgan fingerprint density at radius 3 is 2.58 bits per heavy atom. The lowest BCUT2D eigenvalue weighted by Gasteiger charge is -2.15. The normalized spacial score (nSPS) is 12.6. The van der Waals surface area contributed by atoms with Crippen LogP contribution in [0.25, 0.3) is 0 Å². The van der Waals surface area contributed by atoms with Crippen LogP contribution in [0.15, 0.2) is 34.1 Å². The zero-order chi connectivity index (χ0) is 13.8. The minimum Gasteiger partial charge on any atom is -0.271 e. The van der Waals surface area contributed by atoms with E-state index in [1.807, 2.05) is 11.4 Å². The molecule has 0 amide bonds. The summed E-state index contributed by atoms with van der Waals surface area (Å²) in [5.74, 6) is 3.86. The Labute approximate surface area is 122 Å². The molecule has 0 aliphatic carbocycles. The van der Waals surface area contributed by atoms with Crippen LogP contribution in [0.3, 0.4) is 0 Å². The van der Waals surface area contributed by atoms with Gasteiger partial charge in [0.1, 0.15) is 0 Å². The number of halogens is 3. The van der Waals surface area contributed by atoms with Crippen LogP contribution in [0.4, 0.5) is 8.78 Å². The highest BCUT2D eigenvalue weighted by atomic mass is 79.9. The number of hydrogen-bond donors (Lipinski definition) is 2. The maximum Gasteiger partial charge on any atom is 0.159 e. The quantitative estimate of drug-likeness (QED) is 0.643. The lowest BCUT2D eigenvalue weighted by Crippen LogP contribution is -2.38. The number of rotatable bonds is 5. The van der Waals surface area contributed by atoms with Gasteiger partial charge in [-0.15, -0.1) is 11.3 Å². The third kappa shape index (κ3) is 4.07. The molecular formula is C13H13BrF2N2S. The highest BCUT2D eigenvalue weighted by Gasteiger charge is 2.12. The first-order chi connectivity index (χ1) is 9.08. The molecule has 2 nitrogen and oxygen atoms in total. The standard InChI is InChI=1S/C13H13BrF2N2S/c14-9-5-11(19-7-9)6-10(18-17)3-8-1-2-12(15)13(16)4-8/h1-2,4-5,7,10,18H,3,6,17H2. The SMILES string of the molecule is NNC(Cc1ccc(F)c(F)c1)Cc1cc(Br)cs1. The van der Waals surface area contributed by atoms with Gasteiger partial charge in [-0.3, -0.25) is 11.3 Å². The molecule has 0 radical (unpaired) electrons. The monoisotopic (exact) mass is 346 g/mol. The highest BCUT2D eigenvalue weighted by molar-refractivity contribution is 9.10. The van der Waals surface area contributed by atoms with Gasteiger partial charge in [-0.1, -0.05) is 6.07 Å². The first kappa shape index (κ1) is 14.6. The molecular weight excluding hydrogens is 334 g/mol. The molecule has 2 rings (SSSR count). The van der Waals surface area contributed by atoms with Crippen LogP contribution in [-0.4, -0.2) is 6.04 Å². The second-order valence-electron chi connectivity index (χ2n) is 4.25. The van der Waals surface area contributed by atoms with Gasteiger partial charge in [0.25, 0.3) is 0 Å². The van der Waals surface area contributed by atoms with Crippen LogP contribution in [0.2, 0.25) is 0 Å². The molecule has 3 N–H and O–H groups in total. The van der Waals surface area contributed by atoms with Gasteiger partial charge >= 0.3 is 0 Å². The average molecular weight is 347 g/mol. The number of thiophene rings is 1. The Balaban J connectivity index is 2.04. The summed E-state index contributed by atoms with van der Waals surface area (Å²) in [6.07, 6.45) is 1.29. The van der Waals surface area contributed by atoms with Crippen molar-refractivity contribution >= 4 is 27.3 Å². The Hall–Kier alpha value is -0.820. The van der Waals surface area contributed by atoms with Gasteiger partial charge in [-0.2, -0.15) is 0 Å². The second-order valence-corrected chi connectivity index (χ2v) is 6.16. The third-order valence-corrected chi connectivity index (χ3v) is 4.49. The van der Waals surface area contributed by atoms with Crippen molar-refractivity contribution < 1.29 is 8.78 Å². The van der Waals surface area contributed by atoms with Crippen molar-refractivity contribution in [1.82, 2.24) is 5.43 Å². The van der Waals surface area contributed by atoms with E-state index >= 15 is 0 Å². The average Bonchev–Trinajstić information content (AvgIpc) is 2.78. The van der Waals surface area contributed by atoms with Crippen molar-refractivity contribution in [2.24, 2.45) is 5.84 Å². The van der Waals surface area contributed by atoms with Gasteiger partial charge in [0.15, 0.2) is 11.6 Å². The van der Waals surface area contributed by atoms with Crippen LogP contribution in [0.5, 0.6) is 0 Å². The summed E-state index contributed by atoms with van der Waals surface area (Å²) in [4.78, 5) is 1.18. The molecule has 102 valence electrons. The van der Waals surface area contributed by atoms with E-state index in [0.717, 1.165) is 22.5 Å². The minimum absolute atomic E-state index is 0.0181. The molecule has 1 aromatic carbocycles. The summed E-state index contributed by atoms with van der Waals surface area (Å²) < 4.78 is 27.0. The van der Waals surface area contributed by atoms with E-state index in [1.54, 1.807) is 17.4 Å². The van der Waals surface area contributed by atoms with E-state index in [2.05, 4.69) is 21.4 Å². The van der Waals surface area contributed by atoms with Gasteiger partial charge in [0.2, 0.25) is 0 Å². The predicted octanol–water partition coefficient (Wildman–Crippen LogP) is 3.41. The van der Waals surface area contributed by atoms with Gasteiger partial charge in [-0.25, -0.2) is 8.78 Å². The second kappa shape index (κ2) is 6.56. The zero-order valence-corrected chi connectivity index (χ0v) is 12.4. The largest absolute Gasteiger partial charge is 0.271 e. The molecule has 0 aliphatic rings. The summed E-state index contributed by atoms with van der Waals surface area (Å²) in [6, 6.07) is 5.94. The fourth-order valence-corrected chi connectivity index (χ4v) is 3.38. The molecule has 1 atom stereocenters. The molecule has 6 heteroatoms. The van der Waals surface area contributed by atoms with Crippen molar-refractivity contribution in [1.29, 1.82) is 0 Å². The molecule has 19 heavy (non-hydrogen) atoms. The maximum atomic E-state index is 13.1. The number of nitrogens with one attached hydrogen (secondary N) is 1. The molecule has 0 saturated heterocycles. The van der Waals surface area contributed by atoms with Crippen molar-refractivity contribution in [2.45, 2.75) is 18.9 Å². The molecule has 0 aliphatic heterocycles. The van der Waals surface area contributed by atoms with E-state index in [9.17, 15) is 8.78 Å². The Bertz CT molecular complexity index is 559. The minimum atomic E-state index is -0.830. The van der Waals surface area contributed by atoms with E-state index in [-0.39, 0.29) is 6.04 Å². The van der Waals surface area contributed by atoms with Crippen molar-refractivity contribution in [3.05, 3.63) is 56.2 Å². The van der Waals surface area contributed by atoms with Crippen molar-refractivity contribution in [3.63, 3.8) is 0 Å². The zero-order valence-electron chi connectivity index (χ0n) is 10.00. The molecule has 2 aromatic rings. The predicted molar refractivity (Wildman–Crippen MR) is 76.9 cm³/mol. The van der Waals surface area contributed by atoms with Gasteiger partial charge in [0.05, 0.1) is 0 Å². The highest BCUT2D eigenvalue weighted by Crippen LogP contribution is 2.22. The molecule has 0 saturated carbocycles. The molecule has 1 heterocycles. The van der Waals surface area contributed by atoms with Gasteiger partial charge in [-0.05, 0) is 52.5 Å². The van der Waals surface area contributed by atoms with E-state index < -0.39 is 11.6 Å². The Kier molecular flexibility index (Phi) is 5.04. The molecule has 1 unspecified atom stereocenters. The van der Waals surface area contributed by atoms with Crippen molar-refractivity contribution in [2.75, 3.05) is 0 Å². The van der Waals surface area contributed by atoms with Crippen LogP contribution in [0, 0.1) is 11.6 Å². The molecule has 0 spiro atoms. The first-order valence-corrected chi connectivity index (χ1v) is 7.38. The number of hydrazine groups is 1. The number of hydrogen-bond acceptors (Lipinski definition) is 3. The first-order valence-electron chi connectivity index (χ1n) is 5.71. The van der Waals surface area contributed by atoms with Crippen molar-refractivity contribution in [3.8, 4) is 0 Å². The molecule has 0 bridgehead atoms. The van der Waals surface area contributed by atoms with E-state index in [0.29, 0.717) is 6.42 Å². The maximum absolute atomic E-state index is 13.1. The van der Waals surface area contributed by atoms with Crippen LogP contribution >= 0.6 is 27.3 Å². The summed E-state index contributed by atoms with van der Waals surface area (Å²) in [5, 5.41) is 2.00. The number of nitrogens with two attached hydrogens (primary N) is 1. The van der Waals surface area contributed by atoms with Gasteiger partial charge < -0.3 is 0 Å². The summed E-state index contributed by atoms with van der Waals surface area (Å²) >= 11 is 5.03. The Morgan fingerprint density at radius 2 is 2.00 bits per heavy atom. The number of benzene rings is 1. The molecule has 0 fully saturated rings. The fourth-order valence-electron chi connectivity index (χ4n) is 1.84. The van der Waals surface area contributed by atoms with E-state index in [4.69, 9.17) is 5.84 Å². The summed E-state index contributed by atoms with van der Waals surface area (Å²) in [6.45, 7) is 0. The topological polar surface area (TPSA) is 38.0 Å². The molecule has 1 aromatic heterocycles. The van der Waals surface area contributed by atoms with Crippen LogP contribution < -0.4 is 11.3 Å². The van der Waals surface area contributed by atoms with E-state index in [1.165, 1.54) is 10.9 Å². The van der Waals surface area contributed by atoms with Gasteiger partial charge in [0, 0.05) is 20.8 Å².